The van der Waals surface area contributed by atoms with E-state index in [1.54, 1.807) is 42.5 Å². The van der Waals surface area contributed by atoms with Gasteiger partial charge >= 0.3 is 5.97 Å². The maximum absolute atomic E-state index is 13.5. The van der Waals surface area contributed by atoms with Crippen molar-refractivity contribution in [1.29, 1.82) is 0 Å². The summed E-state index contributed by atoms with van der Waals surface area (Å²) in [5.41, 5.74) is 2.16. The molecule has 0 radical (unpaired) electrons. The van der Waals surface area contributed by atoms with Gasteiger partial charge in [0.2, 0.25) is 11.5 Å². The monoisotopic (exact) mass is 548 g/mol. The van der Waals surface area contributed by atoms with Gasteiger partial charge in [-0.25, -0.2) is 0 Å². The number of esters is 1. The summed E-state index contributed by atoms with van der Waals surface area (Å²) in [4.78, 5) is 26.1. The maximum atomic E-state index is 13.5. The number of carbonyl (C=O) groups excluding carboxylic acids is 2. The van der Waals surface area contributed by atoms with Crippen LogP contribution < -0.4 is 37.9 Å². The highest BCUT2D eigenvalue weighted by Crippen LogP contribution is 2.52. The summed E-state index contributed by atoms with van der Waals surface area (Å²) in [6.07, 6.45) is 1.60. The first-order valence-electron chi connectivity index (χ1n) is 12.3. The molecule has 0 bridgehead atoms. The van der Waals surface area contributed by atoms with Crippen molar-refractivity contribution < 1.29 is 47.5 Å². The van der Waals surface area contributed by atoms with Crippen LogP contribution in [0.2, 0.25) is 0 Å². The molecule has 0 unspecified atom stereocenters. The molecule has 3 aromatic carbocycles. The minimum Gasteiger partial charge on any atom is -0.496 e. The molecule has 0 amide bonds. The fourth-order valence-corrected chi connectivity index (χ4v) is 5.03. The number of carbonyl (C=O) groups is 2. The molecule has 0 saturated heterocycles. The Kier molecular flexibility index (Phi) is 7.17. The lowest BCUT2D eigenvalue weighted by molar-refractivity contribution is -0.135. The Morgan fingerprint density at radius 1 is 0.725 bits per heavy atom. The zero-order valence-corrected chi connectivity index (χ0v) is 22.9. The first kappa shape index (κ1) is 26.7. The van der Waals surface area contributed by atoms with Gasteiger partial charge in [-0.2, -0.15) is 0 Å². The van der Waals surface area contributed by atoms with Crippen LogP contribution in [-0.2, 0) is 4.79 Å². The molecular formula is C30H28O10. The second-order valence-electron chi connectivity index (χ2n) is 8.93. The van der Waals surface area contributed by atoms with E-state index in [1.165, 1.54) is 42.7 Å². The minimum absolute atomic E-state index is 0.00122. The predicted molar refractivity (Wildman–Crippen MR) is 144 cm³/mol. The Morgan fingerprint density at radius 2 is 1.35 bits per heavy atom. The van der Waals surface area contributed by atoms with E-state index in [2.05, 4.69) is 0 Å². The van der Waals surface area contributed by atoms with E-state index in [9.17, 15) is 9.59 Å². The number of methoxy groups -OCH3 is 6. The molecule has 2 heterocycles. The Morgan fingerprint density at radius 3 is 1.95 bits per heavy atom. The van der Waals surface area contributed by atoms with Crippen LogP contribution >= 0.6 is 0 Å². The summed E-state index contributed by atoms with van der Waals surface area (Å²) in [5.74, 6) is 2.14. The normalized spacial score (nSPS) is 16.4. The molecule has 0 N–H and O–H groups in total. The van der Waals surface area contributed by atoms with E-state index >= 15 is 0 Å². The summed E-state index contributed by atoms with van der Waals surface area (Å²) in [5, 5.41) is 0. The van der Waals surface area contributed by atoms with Crippen molar-refractivity contribution in [2.24, 2.45) is 0 Å². The average molecular weight is 549 g/mol. The Labute approximate surface area is 230 Å². The summed E-state index contributed by atoms with van der Waals surface area (Å²) < 4.78 is 44.6. The molecule has 0 aliphatic carbocycles. The van der Waals surface area contributed by atoms with Crippen LogP contribution in [0, 0.1) is 0 Å². The molecule has 3 aromatic rings. The molecule has 0 aromatic heterocycles. The highest BCUT2D eigenvalue weighted by molar-refractivity contribution is 6.15. The molecule has 0 spiro atoms. The number of hydrogen-bond acceptors (Lipinski definition) is 10. The quantitative estimate of drug-likeness (QED) is 0.221. The smallest absolute Gasteiger partial charge is 0.312 e. The molecular weight excluding hydrogens is 520 g/mol. The summed E-state index contributed by atoms with van der Waals surface area (Å²) >= 11 is 0. The van der Waals surface area contributed by atoms with Crippen LogP contribution in [0.4, 0.5) is 0 Å². The molecule has 10 heteroatoms. The van der Waals surface area contributed by atoms with Crippen LogP contribution in [0.15, 0.2) is 42.2 Å². The third-order valence-corrected chi connectivity index (χ3v) is 6.88. The lowest BCUT2D eigenvalue weighted by atomic mass is 9.84. The highest BCUT2D eigenvalue weighted by atomic mass is 16.5. The van der Waals surface area contributed by atoms with Crippen LogP contribution in [0.3, 0.4) is 0 Å². The summed E-state index contributed by atoms with van der Waals surface area (Å²) in [6.45, 7) is 0. The molecule has 208 valence electrons. The van der Waals surface area contributed by atoms with E-state index in [0.717, 1.165) is 0 Å². The SMILES string of the molecule is COc1cc(OC)c([C@@H]2CC(=O)Oc3ccc4c(c32)O/C(=C\c2cc(OC)c(OC)c(OC)c2)C4=O)cc1OC. The minimum atomic E-state index is -0.547. The molecule has 0 fully saturated rings. The molecule has 2 aliphatic rings. The average Bonchev–Trinajstić information content (AvgIpc) is 3.29. The number of allylic oxidation sites excluding steroid dienone is 1. The largest absolute Gasteiger partial charge is 0.496 e. The molecule has 40 heavy (non-hydrogen) atoms. The number of Topliss-reactive ketones (excluding diaryl/α,β-unsaturated/α-hetero) is 1. The van der Waals surface area contributed by atoms with Gasteiger partial charge in [-0.3, -0.25) is 9.59 Å². The number of hydrogen-bond donors (Lipinski definition) is 0. The zero-order chi connectivity index (χ0) is 28.6. The number of ether oxygens (including phenoxy) is 8. The standard InChI is InChI=1S/C30H28O10/c1-33-20-14-22(35-3)21(34-2)12-17(20)18-13-26(31)39-19-8-7-16-28(32)23(40-29(16)27(18)19)9-15-10-24(36-4)30(38-6)25(11-15)37-5/h7-12,14,18H,13H2,1-6H3/b23-9-/t18-/m0/s1. The fraction of sp³-hybridized carbons (Fsp3) is 0.267. The molecule has 0 saturated carbocycles. The Bertz CT molecular complexity index is 1510. The van der Waals surface area contributed by atoms with E-state index in [-0.39, 0.29) is 18.0 Å². The van der Waals surface area contributed by atoms with Gasteiger partial charge in [-0.1, -0.05) is 0 Å². The second kappa shape index (κ2) is 10.7. The summed E-state index contributed by atoms with van der Waals surface area (Å²) in [7, 11) is 9.11. The molecule has 1 atom stereocenters. The van der Waals surface area contributed by atoms with E-state index in [1.807, 2.05) is 0 Å². The van der Waals surface area contributed by atoms with Crippen molar-refractivity contribution in [3.05, 3.63) is 64.4 Å². The first-order chi connectivity index (χ1) is 19.4. The molecule has 2 aliphatic heterocycles. The predicted octanol–water partition coefficient (Wildman–Crippen LogP) is 4.80. The molecule has 5 rings (SSSR count). The number of benzene rings is 3. The van der Waals surface area contributed by atoms with E-state index in [0.29, 0.717) is 68.2 Å². The van der Waals surface area contributed by atoms with Crippen molar-refractivity contribution in [2.45, 2.75) is 12.3 Å². The van der Waals surface area contributed by atoms with Crippen LogP contribution in [-0.4, -0.2) is 54.4 Å². The van der Waals surface area contributed by atoms with Gasteiger partial charge in [0.15, 0.2) is 28.8 Å². The van der Waals surface area contributed by atoms with E-state index in [4.69, 9.17) is 37.9 Å². The summed E-state index contributed by atoms with van der Waals surface area (Å²) in [6, 6.07) is 10.1. The Balaban J connectivity index is 1.63. The van der Waals surface area contributed by atoms with Crippen molar-refractivity contribution in [3.8, 4) is 46.0 Å². The van der Waals surface area contributed by atoms with E-state index < -0.39 is 11.9 Å². The van der Waals surface area contributed by atoms with Crippen molar-refractivity contribution in [1.82, 2.24) is 0 Å². The third kappa shape index (κ3) is 4.41. The Hall–Kier alpha value is -4.86. The number of rotatable bonds is 8. The van der Waals surface area contributed by atoms with Gasteiger partial charge < -0.3 is 37.9 Å². The second-order valence-corrected chi connectivity index (χ2v) is 8.93. The fourth-order valence-electron chi connectivity index (χ4n) is 5.03. The van der Waals surface area contributed by atoms with Gasteiger partial charge in [0.1, 0.15) is 17.2 Å². The lowest BCUT2D eigenvalue weighted by Crippen LogP contribution is -2.22. The first-order valence-corrected chi connectivity index (χ1v) is 12.3. The number of fused-ring (bicyclic) bond motifs is 3. The van der Waals surface area contributed by atoms with Crippen LogP contribution in [0.25, 0.3) is 6.08 Å². The van der Waals surface area contributed by atoms with Crippen molar-refractivity contribution in [2.75, 3.05) is 42.7 Å². The van der Waals surface area contributed by atoms with Crippen LogP contribution in [0.5, 0.6) is 46.0 Å². The number of ketones is 1. The van der Waals surface area contributed by atoms with Crippen molar-refractivity contribution >= 4 is 17.8 Å². The van der Waals surface area contributed by atoms with Gasteiger partial charge in [0.25, 0.3) is 0 Å². The molecule has 10 nitrogen and oxygen atoms in total. The van der Waals surface area contributed by atoms with Gasteiger partial charge in [-0.15, -0.1) is 0 Å². The van der Waals surface area contributed by atoms with Gasteiger partial charge in [0, 0.05) is 23.1 Å². The lowest BCUT2D eigenvalue weighted by Gasteiger charge is -2.28. The third-order valence-electron chi connectivity index (χ3n) is 6.88. The zero-order valence-electron chi connectivity index (χ0n) is 22.9. The maximum Gasteiger partial charge on any atom is 0.312 e. The van der Waals surface area contributed by atoms with Gasteiger partial charge in [-0.05, 0) is 42.0 Å². The van der Waals surface area contributed by atoms with Crippen molar-refractivity contribution in [3.63, 3.8) is 0 Å². The van der Waals surface area contributed by atoms with Gasteiger partial charge in [0.05, 0.1) is 54.6 Å². The topological polar surface area (TPSA) is 108 Å². The highest BCUT2D eigenvalue weighted by Gasteiger charge is 2.40. The van der Waals surface area contributed by atoms with Crippen LogP contribution in [0.1, 0.15) is 39.4 Å².